The zero-order valence-electron chi connectivity index (χ0n) is 12.2. The predicted molar refractivity (Wildman–Crippen MR) is 81.0 cm³/mol. The molecule has 5 nitrogen and oxygen atoms in total. The number of nitrogens with zero attached hydrogens (tertiary/aromatic N) is 1. The van der Waals surface area contributed by atoms with Crippen molar-refractivity contribution < 1.29 is 14.3 Å². The minimum atomic E-state index is -0.219. The summed E-state index contributed by atoms with van der Waals surface area (Å²) in [5.74, 6) is 1.71. The number of amides is 2. The summed E-state index contributed by atoms with van der Waals surface area (Å²) in [5, 5.41) is 1.39. The van der Waals surface area contributed by atoms with E-state index >= 15 is 0 Å². The highest BCUT2D eigenvalue weighted by molar-refractivity contribution is 5.86. The van der Waals surface area contributed by atoms with Crippen LogP contribution in [0.4, 0.5) is 0 Å². The Kier molecular flexibility index (Phi) is 3.78. The normalized spacial score (nSPS) is 17.2. The molecule has 3 heterocycles. The molecule has 2 bridgehead atoms. The van der Waals surface area contributed by atoms with Crippen molar-refractivity contribution in [1.29, 1.82) is 0 Å². The summed E-state index contributed by atoms with van der Waals surface area (Å²) in [7, 11) is 0. The van der Waals surface area contributed by atoms with Crippen molar-refractivity contribution in [2.24, 2.45) is 0 Å². The Morgan fingerprint density at radius 1 is 1.14 bits per heavy atom. The summed E-state index contributed by atoms with van der Waals surface area (Å²) in [6.07, 6.45) is 0.463. The molecule has 0 radical (unpaired) electrons. The fourth-order valence-electron chi connectivity index (χ4n) is 2.35. The van der Waals surface area contributed by atoms with Gasteiger partial charge in [-0.3, -0.25) is 15.0 Å². The van der Waals surface area contributed by atoms with Gasteiger partial charge in [0.05, 0.1) is 12.5 Å². The average molecular weight is 296 g/mol. The first-order chi connectivity index (χ1) is 10.6. The molecule has 5 heteroatoms. The Morgan fingerprint density at radius 2 is 1.77 bits per heavy atom. The van der Waals surface area contributed by atoms with Gasteiger partial charge < -0.3 is 4.74 Å². The largest absolute Gasteiger partial charge is 0.457 e. The molecule has 1 atom stereocenters. The van der Waals surface area contributed by atoms with E-state index in [-0.39, 0.29) is 17.9 Å². The monoisotopic (exact) mass is 296 g/mol. The maximum absolute atomic E-state index is 11.3. The SMILES string of the molecule is CC(=O)NN1C(=O)CC1c1ccccc1.c1cc2cc(c1)O2. The summed E-state index contributed by atoms with van der Waals surface area (Å²) in [4.78, 5) is 22.1. The molecule has 0 aromatic heterocycles. The first-order valence-corrected chi connectivity index (χ1v) is 7.05. The molecule has 2 aromatic carbocycles. The molecular weight excluding hydrogens is 280 g/mol. The third-order valence-electron chi connectivity index (χ3n) is 3.45. The molecule has 3 aliphatic heterocycles. The number of nitrogens with one attached hydrogen (secondary N) is 1. The Morgan fingerprint density at radius 3 is 2.18 bits per heavy atom. The van der Waals surface area contributed by atoms with Gasteiger partial charge in [-0.2, -0.15) is 0 Å². The number of carbonyl (C=O) groups is 2. The van der Waals surface area contributed by atoms with Crippen LogP contribution in [0, 0.1) is 0 Å². The molecule has 112 valence electrons. The first-order valence-electron chi connectivity index (χ1n) is 7.05. The average Bonchev–Trinajstić information content (AvgIpc) is 2.52. The molecule has 1 saturated heterocycles. The van der Waals surface area contributed by atoms with Gasteiger partial charge in [0.25, 0.3) is 0 Å². The van der Waals surface area contributed by atoms with Gasteiger partial charge in [0.15, 0.2) is 0 Å². The Balaban J connectivity index is 0.000000169. The lowest BCUT2D eigenvalue weighted by Crippen LogP contribution is -2.55. The summed E-state index contributed by atoms with van der Waals surface area (Å²) in [6, 6.07) is 17.5. The van der Waals surface area contributed by atoms with Crippen LogP contribution in [-0.2, 0) is 9.59 Å². The van der Waals surface area contributed by atoms with Crippen LogP contribution in [0.25, 0.3) is 0 Å². The number of fused-ring (bicyclic) bond motifs is 2. The number of benzene rings is 2. The van der Waals surface area contributed by atoms with Crippen molar-refractivity contribution in [2.45, 2.75) is 19.4 Å². The number of hydrogen-bond donors (Lipinski definition) is 1. The third-order valence-corrected chi connectivity index (χ3v) is 3.45. The van der Waals surface area contributed by atoms with Gasteiger partial charge in [0.1, 0.15) is 11.5 Å². The van der Waals surface area contributed by atoms with Crippen LogP contribution < -0.4 is 10.2 Å². The van der Waals surface area contributed by atoms with E-state index in [2.05, 4.69) is 5.43 Å². The van der Waals surface area contributed by atoms with Gasteiger partial charge in [0.2, 0.25) is 11.8 Å². The summed E-state index contributed by atoms with van der Waals surface area (Å²) < 4.78 is 5.01. The van der Waals surface area contributed by atoms with Crippen LogP contribution in [0.15, 0.2) is 54.6 Å². The molecule has 0 spiro atoms. The van der Waals surface area contributed by atoms with Crippen LogP contribution >= 0.6 is 0 Å². The minimum absolute atomic E-state index is 0.0115. The van der Waals surface area contributed by atoms with Crippen LogP contribution in [0.1, 0.15) is 24.9 Å². The molecule has 0 saturated carbocycles. The van der Waals surface area contributed by atoms with Crippen molar-refractivity contribution in [2.75, 3.05) is 0 Å². The van der Waals surface area contributed by atoms with Gasteiger partial charge in [-0.05, 0) is 17.7 Å². The zero-order chi connectivity index (χ0) is 15.5. The first kappa shape index (κ1) is 14.1. The quantitative estimate of drug-likeness (QED) is 0.740. The van der Waals surface area contributed by atoms with Crippen molar-refractivity contribution in [3.05, 3.63) is 60.2 Å². The lowest BCUT2D eigenvalue weighted by Gasteiger charge is -2.39. The smallest absolute Gasteiger partial charge is 0.244 e. The number of rotatable bonds is 2. The lowest BCUT2D eigenvalue weighted by atomic mass is 9.96. The van der Waals surface area contributed by atoms with E-state index in [1.807, 2.05) is 54.6 Å². The van der Waals surface area contributed by atoms with Crippen LogP contribution in [0.3, 0.4) is 0 Å². The highest BCUT2D eigenvalue weighted by atomic mass is 16.5. The minimum Gasteiger partial charge on any atom is -0.457 e. The molecule has 2 aromatic rings. The topological polar surface area (TPSA) is 58.6 Å². The second kappa shape index (κ2) is 5.89. The number of hydrogen-bond acceptors (Lipinski definition) is 3. The Bertz CT molecular complexity index is 675. The van der Waals surface area contributed by atoms with Crippen LogP contribution in [-0.4, -0.2) is 16.8 Å². The van der Waals surface area contributed by atoms with E-state index < -0.39 is 0 Å². The van der Waals surface area contributed by atoms with Crippen molar-refractivity contribution in [3.8, 4) is 11.5 Å². The number of hydrazine groups is 1. The van der Waals surface area contributed by atoms with E-state index in [1.54, 1.807) is 0 Å². The number of carbonyl (C=O) groups excluding carboxylic acids is 2. The standard InChI is InChI=1S/C11H12N2O2.C6H4O/c1-8(14)12-13-10(7-11(13)15)9-5-3-2-4-6-9;1-2-5-4-6(3-1)7-5/h2-6,10H,7H2,1H3,(H,12,14);1-4H. The highest BCUT2D eigenvalue weighted by Gasteiger charge is 2.37. The van der Waals surface area contributed by atoms with Gasteiger partial charge in [0, 0.05) is 13.0 Å². The molecule has 1 fully saturated rings. The molecule has 1 unspecified atom stereocenters. The molecule has 1 N–H and O–H groups in total. The Hall–Kier alpha value is -2.82. The Labute approximate surface area is 128 Å². The van der Waals surface area contributed by atoms with Crippen molar-refractivity contribution in [1.82, 2.24) is 10.4 Å². The zero-order valence-corrected chi connectivity index (χ0v) is 12.2. The van der Waals surface area contributed by atoms with Crippen LogP contribution in [0.5, 0.6) is 11.5 Å². The van der Waals surface area contributed by atoms with Gasteiger partial charge in [-0.25, -0.2) is 5.01 Å². The van der Waals surface area contributed by atoms with Gasteiger partial charge in [-0.1, -0.05) is 36.4 Å². The second-order valence-electron chi connectivity index (χ2n) is 5.14. The molecule has 22 heavy (non-hydrogen) atoms. The van der Waals surface area contributed by atoms with Crippen LogP contribution in [0.2, 0.25) is 0 Å². The highest BCUT2D eigenvalue weighted by Crippen LogP contribution is 2.33. The lowest BCUT2D eigenvalue weighted by molar-refractivity contribution is -0.156. The molecule has 0 aliphatic carbocycles. The maximum atomic E-state index is 11.3. The predicted octanol–water partition coefficient (Wildman–Crippen LogP) is 2.80. The van der Waals surface area contributed by atoms with E-state index in [9.17, 15) is 9.59 Å². The number of β-lactam (4-membered cyclic amide) rings is 1. The number of ether oxygens (including phenoxy) is 1. The molecular formula is C17H16N2O3. The van der Waals surface area contributed by atoms with Crippen molar-refractivity contribution in [3.63, 3.8) is 0 Å². The van der Waals surface area contributed by atoms with E-state index in [1.165, 1.54) is 11.9 Å². The fourth-order valence-corrected chi connectivity index (χ4v) is 2.35. The maximum Gasteiger partial charge on any atom is 0.244 e. The molecule has 5 rings (SSSR count). The third kappa shape index (κ3) is 2.93. The summed E-state index contributed by atoms with van der Waals surface area (Å²) in [6.45, 7) is 1.40. The van der Waals surface area contributed by atoms with E-state index in [0.29, 0.717) is 6.42 Å². The summed E-state index contributed by atoms with van der Waals surface area (Å²) >= 11 is 0. The van der Waals surface area contributed by atoms with Crippen molar-refractivity contribution >= 4 is 11.8 Å². The van der Waals surface area contributed by atoms with Gasteiger partial charge >= 0.3 is 0 Å². The molecule has 3 aliphatic rings. The fraction of sp³-hybridized carbons (Fsp3) is 0.176. The summed E-state index contributed by atoms with van der Waals surface area (Å²) in [5.41, 5.74) is 3.57. The second-order valence-corrected chi connectivity index (χ2v) is 5.14. The molecule has 2 amide bonds. The van der Waals surface area contributed by atoms with Gasteiger partial charge in [-0.15, -0.1) is 0 Å². The van der Waals surface area contributed by atoms with E-state index in [4.69, 9.17) is 4.74 Å². The van der Waals surface area contributed by atoms with E-state index in [0.717, 1.165) is 17.1 Å².